The quantitative estimate of drug-likeness (QED) is 0.417. The standard InChI is InChI=1S/C18H27NS2/c1-4-6-12-20-18(21-13-7-5-2)17-14(3)15-10-8-9-11-16(15)19-17/h8-11,18-19H,4-7,12-13H2,1-3H3. The third-order valence-corrected chi connectivity index (χ3v) is 6.72. The number of hydrogen-bond donors (Lipinski definition) is 1. The topological polar surface area (TPSA) is 15.8 Å². The fraction of sp³-hybridized carbons (Fsp3) is 0.556. The van der Waals surface area contributed by atoms with Crippen LogP contribution in [0.25, 0.3) is 10.9 Å². The predicted octanol–water partition coefficient (Wildman–Crippen LogP) is 6.54. The van der Waals surface area contributed by atoms with Gasteiger partial charge in [-0.15, -0.1) is 23.5 Å². The molecule has 0 spiro atoms. The highest BCUT2D eigenvalue weighted by Gasteiger charge is 2.18. The maximum Gasteiger partial charge on any atom is 0.0902 e. The van der Waals surface area contributed by atoms with Crippen molar-refractivity contribution in [3.05, 3.63) is 35.5 Å². The third kappa shape index (κ3) is 4.46. The molecule has 0 aliphatic carbocycles. The second-order valence-corrected chi connectivity index (χ2v) is 8.21. The molecule has 1 heterocycles. The van der Waals surface area contributed by atoms with Crippen LogP contribution >= 0.6 is 23.5 Å². The van der Waals surface area contributed by atoms with Crippen molar-refractivity contribution in [2.75, 3.05) is 11.5 Å². The van der Waals surface area contributed by atoms with Crippen molar-refractivity contribution in [2.24, 2.45) is 0 Å². The Hall–Kier alpha value is -0.540. The SMILES string of the molecule is CCCCSC(SCCCC)c1[nH]c2ccccc2c1C. The average Bonchev–Trinajstić information content (AvgIpc) is 2.84. The molecule has 0 radical (unpaired) electrons. The van der Waals surface area contributed by atoms with E-state index in [0.717, 1.165) is 0 Å². The summed E-state index contributed by atoms with van der Waals surface area (Å²) in [4.78, 5) is 3.68. The minimum absolute atomic E-state index is 0.551. The number of H-pyrrole nitrogens is 1. The Morgan fingerprint density at radius 1 is 1.00 bits per heavy atom. The van der Waals surface area contributed by atoms with Gasteiger partial charge in [-0.2, -0.15) is 0 Å². The van der Waals surface area contributed by atoms with E-state index in [0.29, 0.717) is 4.58 Å². The van der Waals surface area contributed by atoms with Crippen LogP contribution < -0.4 is 0 Å². The molecule has 1 N–H and O–H groups in total. The zero-order chi connectivity index (χ0) is 15.1. The summed E-state index contributed by atoms with van der Waals surface area (Å²) in [5, 5.41) is 1.38. The lowest BCUT2D eigenvalue weighted by molar-refractivity contribution is 0.892. The molecule has 0 fully saturated rings. The van der Waals surface area contributed by atoms with Crippen LogP contribution in [0.15, 0.2) is 24.3 Å². The van der Waals surface area contributed by atoms with Crippen molar-refractivity contribution < 1.29 is 0 Å². The molecular formula is C18H27NS2. The van der Waals surface area contributed by atoms with Gasteiger partial charge in [-0.1, -0.05) is 44.9 Å². The van der Waals surface area contributed by atoms with Crippen LogP contribution in [-0.4, -0.2) is 16.5 Å². The van der Waals surface area contributed by atoms with Crippen LogP contribution in [-0.2, 0) is 0 Å². The van der Waals surface area contributed by atoms with Crippen LogP contribution in [0.5, 0.6) is 0 Å². The Morgan fingerprint density at radius 2 is 1.62 bits per heavy atom. The molecule has 0 saturated carbocycles. The number of rotatable bonds is 9. The summed E-state index contributed by atoms with van der Waals surface area (Å²) in [6.07, 6.45) is 5.19. The number of nitrogens with one attached hydrogen (secondary N) is 1. The maximum absolute atomic E-state index is 3.68. The van der Waals surface area contributed by atoms with Crippen LogP contribution in [0, 0.1) is 6.92 Å². The average molecular weight is 322 g/mol. The number of aromatic nitrogens is 1. The molecule has 116 valence electrons. The van der Waals surface area contributed by atoms with Gasteiger partial charge in [0.15, 0.2) is 0 Å². The number of benzene rings is 1. The van der Waals surface area contributed by atoms with Gasteiger partial charge in [0.1, 0.15) is 0 Å². The van der Waals surface area contributed by atoms with Gasteiger partial charge in [-0.05, 0) is 42.9 Å². The maximum atomic E-state index is 3.68. The Balaban J connectivity index is 2.17. The Labute approximate surface area is 137 Å². The number of para-hydroxylation sites is 1. The van der Waals surface area contributed by atoms with Crippen molar-refractivity contribution in [1.82, 2.24) is 4.98 Å². The summed E-state index contributed by atoms with van der Waals surface area (Å²) in [5.41, 5.74) is 4.14. The Kier molecular flexibility index (Phi) is 7.05. The Bertz CT molecular complexity index is 537. The summed E-state index contributed by atoms with van der Waals surface area (Å²) < 4.78 is 0.551. The molecule has 2 rings (SSSR count). The molecule has 21 heavy (non-hydrogen) atoms. The number of hydrogen-bond acceptors (Lipinski definition) is 2. The molecule has 1 aromatic carbocycles. The first-order valence-corrected chi connectivity index (χ1v) is 10.2. The number of unbranched alkanes of at least 4 members (excludes halogenated alkanes) is 2. The van der Waals surface area contributed by atoms with Crippen LogP contribution in [0.4, 0.5) is 0 Å². The highest BCUT2D eigenvalue weighted by atomic mass is 32.2. The molecule has 0 unspecified atom stereocenters. The lowest BCUT2D eigenvalue weighted by Crippen LogP contribution is -1.96. The lowest BCUT2D eigenvalue weighted by atomic mass is 10.1. The predicted molar refractivity (Wildman–Crippen MR) is 101 cm³/mol. The molecule has 1 nitrogen and oxygen atoms in total. The zero-order valence-corrected chi connectivity index (χ0v) is 15.1. The summed E-state index contributed by atoms with van der Waals surface area (Å²) in [7, 11) is 0. The van der Waals surface area contributed by atoms with Crippen LogP contribution in [0.3, 0.4) is 0 Å². The second-order valence-electron chi connectivity index (χ2n) is 5.49. The highest BCUT2D eigenvalue weighted by molar-refractivity contribution is 8.16. The van der Waals surface area contributed by atoms with Crippen molar-refractivity contribution >= 4 is 34.4 Å². The monoisotopic (exact) mass is 321 g/mol. The fourth-order valence-corrected chi connectivity index (χ4v) is 5.53. The summed E-state index contributed by atoms with van der Waals surface area (Å²) in [6, 6.07) is 8.67. The van der Waals surface area contributed by atoms with E-state index >= 15 is 0 Å². The number of thioether (sulfide) groups is 2. The molecule has 0 bridgehead atoms. The van der Waals surface area contributed by atoms with Gasteiger partial charge in [-0.25, -0.2) is 0 Å². The van der Waals surface area contributed by atoms with Gasteiger partial charge in [0, 0.05) is 16.6 Å². The lowest BCUT2D eigenvalue weighted by Gasteiger charge is -2.16. The zero-order valence-electron chi connectivity index (χ0n) is 13.4. The van der Waals surface area contributed by atoms with Crippen molar-refractivity contribution in [1.29, 1.82) is 0 Å². The Morgan fingerprint density at radius 3 is 2.19 bits per heavy atom. The molecule has 3 heteroatoms. The van der Waals surface area contributed by atoms with E-state index in [-0.39, 0.29) is 0 Å². The minimum atomic E-state index is 0.551. The van der Waals surface area contributed by atoms with E-state index in [1.165, 1.54) is 59.3 Å². The number of aromatic amines is 1. The van der Waals surface area contributed by atoms with Crippen LogP contribution in [0.2, 0.25) is 0 Å². The summed E-state index contributed by atoms with van der Waals surface area (Å²) >= 11 is 4.22. The molecule has 1 aromatic heterocycles. The van der Waals surface area contributed by atoms with E-state index < -0.39 is 0 Å². The first-order chi connectivity index (χ1) is 10.3. The number of aryl methyl sites for hydroxylation is 1. The van der Waals surface area contributed by atoms with Gasteiger partial charge in [0.05, 0.1) is 4.58 Å². The molecule has 0 saturated heterocycles. The molecule has 0 aliphatic rings. The normalized spacial score (nSPS) is 11.6. The van der Waals surface area contributed by atoms with Gasteiger partial charge >= 0.3 is 0 Å². The van der Waals surface area contributed by atoms with E-state index in [9.17, 15) is 0 Å². The minimum Gasteiger partial charge on any atom is -0.357 e. The molecule has 2 aromatic rings. The van der Waals surface area contributed by atoms with E-state index in [4.69, 9.17) is 0 Å². The largest absolute Gasteiger partial charge is 0.357 e. The smallest absolute Gasteiger partial charge is 0.0902 e. The van der Waals surface area contributed by atoms with Gasteiger partial charge < -0.3 is 4.98 Å². The third-order valence-electron chi connectivity index (χ3n) is 3.77. The second kappa shape index (κ2) is 8.79. The van der Waals surface area contributed by atoms with Crippen LogP contribution in [0.1, 0.15) is 55.4 Å². The first kappa shape index (κ1) is 16.8. The molecular weight excluding hydrogens is 294 g/mol. The van der Waals surface area contributed by atoms with E-state index in [2.05, 4.69) is 73.5 Å². The summed E-state index contributed by atoms with van der Waals surface area (Å²) in [5.74, 6) is 2.52. The van der Waals surface area contributed by atoms with Gasteiger partial charge in [0.25, 0.3) is 0 Å². The van der Waals surface area contributed by atoms with Gasteiger partial charge in [-0.3, -0.25) is 0 Å². The molecule has 0 amide bonds. The molecule has 0 aliphatic heterocycles. The fourth-order valence-electron chi connectivity index (χ4n) is 2.42. The highest BCUT2D eigenvalue weighted by Crippen LogP contribution is 2.42. The molecule has 0 atom stereocenters. The number of fused-ring (bicyclic) bond motifs is 1. The van der Waals surface area contributed by atoms with E-state index in [1.54, 1.807) is 0 Å². The van der Waals surface area contributed by atoms with Crippen molar-refractivity contribution in [3.8, 4) is 0 Å². The van der Waals surface area contributed by atoms with Crippen molar-refractivity contribution in [3.63, 3.8) is 0 Å². The van der Waals surface area contributed by atoms with E-state index in [1.807, 2.05) is 0 Å². The van der Waals surface area contributed by atoms with Gasteiger partial charge in [0.2, 0.25) is 0 Å². The van der Waals surface area contributed by atoms with Crippen molar-refractivity contribution in [2.45, 2.75) is 51.0 Å². The first-order valence-electron chi connectivity index (χ1n) is 8.08. The summed E-state index contributed by atoms with van der Waals surface area (Å²) in [6.45, 7) is 6.81.